The highest BCUT2D eigenvalue weighted by atomic mass is 15.1. The van der Waals surface area contributed by atoms with Crippen molar-refractivity contribution in [1.29, 1.82) is 0 Å². The molecule has 88 valence electrons. The monoisotopic (exact) mass is 210 g/mol. The van der Waals surface area contributed by atoms with E-state index in [9.17, 15) is 0 Å². The third kappa shape index (κ3) is 3.46. The van der Waals surface area contributed by atoms with Crippen LogP contribution in [0, 0.1) is 11.8 Å². The van der Waals surface area contributed by atoms with Crippen molar-refractivity contribution in [1.82, 2.24) is 4.90 Å². The molecule has 0 spiro atoms. The van der Waals surface area contributed by atoms with Gasteiger partial charge in [-0.15, -0.1) is 0 Å². The third-order valence-corrected chi connectivity index (χ3v) is 4.24. The summed E-state index contributed by atoms with van der Waals surface area (Å²) in [5, 5.41) is 0. The first-order valence-corrected chi connectivity index (χ1v) is 6.68. The Labute approximate surface area is 94.2 Å². The van der Waals surface area contributed by atoms with E-state index in [4.69, 9.17) is 5.73 Å². The Hall–Kier alpha value is -0.0800. The van der Waals surface area contributed by atoms with Gasteiger partial charge in [-0.3, -0.25) is 0 Å². The fraction of sp³-hybridized carbons (Fsp3) is 1.00. The quantitative estimate of drug-likeness (QED) is 0.754. The lowest BCUT2D eigenvalue weighted by atomic mass is 9.80. The molecule has 2 aliphatic rings. The first-order valence-electron chi connectivity index (χ1n) is 6.68. The summed E-state index contributed by atoms with van der Waals surface area (Å²) in [5.74, 6) is 1.93. The van der Waals surface area contributed by atoms with E-state index >= 15 is 0 Å². The summed E-state index contributed by atoms with van der Waals surface area (Å²) < 4.78 is 0. The molecule has 2 nitrogen and oxygen atoms in total. The third-order valence-electron chi connectivity index (χ3n) is 4.24. The Morgan fingerprint density at radius 1 is 1.13 bits per heavy atom. The minimum atomic E-state index is 0.512. The maximum atomic E-state index is 5.80. The minimum Gasteiger partial charge on any atom is -0.328 e. The van der Waals surface area contributed by atoms with Gasteiger partial charge >= 0.3 is 0 Å². The molecule has 2 aliphatic carbocycles. The molecular formula is C13H26N2. The van der Waals surface area contributed by atoms with Gasteiger partial charge in [-0.2, -0.15) is 0 Å². The molecule has 0 amide bonds. The molecule has 0 aliphatic heterocycles. The molecule has 15 heavy (non-hydrogen) atoms. The molecule has 0 saturated heterocycles. The van der Waals surface area contributed by atoms with Gasteiger partial charge in [0.25, 0.3) is 0 Å². The van der Waals surface area contributed by atoms with Crippen LogP contribution in [0.2, 0.25) is 0 Å². The van der Waals surface area contributed by atoms with Gasteiger partial charge in [-0.05, 0) is 44.7 Å². The van der Waals surface area contributed by atoms with Crippen LogP contribution in [0.15, 0.2) is 0 Å². The maximum Gasteiger partial charge on any atom is 0.00450 e. The van der Waals surface area contributed by atoms with E-state index in [1.165, 1.54) is 58.0 Å². The lowest BCUT2D eigenvalue weighted by Gasteiger charge is -2.35. The molecule has 0 atom stereocenters. The van der Waals surface area contributed by atoms with Crippen molar-refractivity contribution in [3.63, 3.8) is 0 Å². The number of rotatable bonds is 5. The molecule has 2 heteroatoms. The zero-order valence-electron chi connectivity index (χ0n) is 10.1. The number of nitrogens with zero attached hydrogens (tertiary/aromatic N) is 1. The SMILES string of the molecule is CN(CCC1CCCC1)CC1CC(N)C1. The van der Waals surface area contributed by atoms with Gasteiger partial charge in [0.2, 0.25) is 0 Å². The van der Waals surface area contributed by atoms with Crippen LogP contribution >= 0.6 is 0 Å². The molecule has 0 aromatic carbocycles. The molecule has 2 N–H and O–H groups in total. The Balaban J connectivity index is 1.54. The van der Waals surface area contributed by atoms with Crippen LogP contribution in [-0.2, 0) is 0 Å². The highest BCUT2D eigenvalue weighted by Gasteiger charge is 2.26. The van der Waals surface area contributed by atoms with E-state index in [1.54, 1.807) is 0 Å². The van der Waals surface area contributed by atoms with Crippen LogP contribution in [0.4, 0.5) is 0 Å². The van der Waals surface area contributed by atoms with E-state index in [-0.39, 0.29) is 0 Å². The Morgan fingerprint density at radius 3 is 2.40 bits per heavy atom. The van der Waals surface area contributed by atoms with Crippen molar-refractivity contribution in [3.8, 4) is 0 Å². The zero-order valence-corrected chi connectivity index (χ0v) is 10.1. The fourth-order valence-corrected chi connectivity index (χ4v) is 3.17. The number of hydrogen-bond donors (Lipinski definition) is 1. The summed E-state index contributed by atoms with van der Waals surface area (Å²) in [4.78, 5) is 2.52. The van der Waals surface area contributed by atoms with Crippen LogP contribution in [0.3, 0.4) is 0 Å². The van der Waals surface area contributed by atoms with Gasteiger partial charge in [0, 0.05) is 12.6 Å². The average Bonchev–Trinajstić information content (AvgIpc) is 2.65. The highest BCUT2D eigenvalue weighted by Crippen LogP contribution is 2.29. The van der Waals surface area contributed by atoms with E-state index in [0.29, 0.717) is 6.04 Å². The molecule has 0 radical (unpaired) electrons. The van der Waals surface area contributed by atoms with Crippen molar-refractivity contribution in [2.24, 2.45) is 17.6 Å². The molecule has 2 rings (SSSR count). The standard InChI is InChI=1S/C13H26N2/c1-15(10-12-8-13(14)9-12)7-6-11-4-2-3-5-11/h11-13H,2-10,14H2,1H3. The highest BCUT2D eigenvalue weighted by molar-refractivity contribution is 4.83. The van der Waals surface area contributed by atoms with Gasteiger partial charge < -0.3 is 10.6 Å². The van der Waals surface area contributed by atoms with Crippen molar-refractivity contribution in [2.45, 2.75) is 51.0 Å². The molecule has 2 saturated carbocycles. The van der Waals surface area contributed by atoms with E-state index < -0.39 is 0 Å². The molecule has 0 unspecified atom stereocenters. The Kier molecular flexibility index (Phi) is 4.04. The Morgan fingerprint density at radius 2 is 1.80 bits per heavy atom. The maximum absolute atomic E-state index is 5.80. The summed E-state index contributed by atoms with van der Waals surface area (Å²) in [7, 11) is 2.28. The normalized spacial score (nSPS) is 32.2. The van der Waals surface area contributed by atoms with E-state index in [1.807, 2.05) is 0 Å². The van der Waals surface area contributed by atoms with Crippen LogP contribution in [0.25, 0.3) is 0 Å². The van der Waals surface area contributed by atoms with E-state index in [0.717, 1.165) is 11.8 Å². The van der Waals surface area contributed by atoms with Crippen molar-refractivity contribution in [2.75, 3.05) is 20.1 Å². The summed E-state index contributed by atoms with van der Waals surface area (Å²) in [5.41, 5.74) is 5.80. The van der Waals surface area contributed by atoms with Crippen LogP contribution in [0.5, 0.6) is 0 Å². The predicted octanol–water partition coefficient (Wildman–Crippen LogP) is 2.24. The van der Waals surface area contributed by atoms with Crippen LogP contribution in [0.1, 0.15) is 44.9 Å². The van der Waals surface area contributed by atoms with Crippen molar-refractivity contribution >= 4 is 0 Å². The zero-order chi connectivity index (χ0) is 10.7. The van der Waals surface area contributed by atoms with Crippen LogP contribution in [-0.4, -0.2) is 31.1 Å². The average molecular weight is 210 g/mol. The molecular weight excluding hydrogens is 184 g/mol. The summed E-state index contributed by atoms with van der Waals surface area (Å²) in [6, 6.07) is 0.512. The molecule has 0 aromatic rings. The minimum absolute atomic E-state index is 0.512. The molecule has 0 aromatic heterocycles. The molecule has 2 fully saturated rings. The fourth-order valence-electron chi connectivity index (χ4n) is 3.17. The van der Waals surface area contributed by atoms with Crippen LogP contribution < -0.4 is 5.73 Å². The smallest absolute Gasteiger partial charge is 0.00450 e. The van der Waals surface area contributed by atoms with Gasteiger partial charge in [0.05, 0.1) is 0 Å². The second-order valence-corrected chi connectivity index (χ2v) is 5.80. The van der Waals surface area contributed by atoms with E-state index in [2.05, 4.69) is 11.9 Å². The predicted molar refractivity (Wildman–Crippen MR) is 64.8 cm³/mol. The van der Waals surface area contributed by atoms with Gasteiger partial charge in [0.15, 0.2) is 0 Å². The topological polar surface area (TPSA) is 29.3 Å². The molecule has 0 bridgehead atoms. The largest absolute Gasteiger partial charge is 0.328 e. The second kappa shape index (κ2) is 5.31. The first kappa shape index (κ1) is 11.4. The summed E-state index contributed by atoms with van der Waals surface area (Å²) in [6.45, 7) is 2.58. The summed E-state index contributed by atoms with van der Waals surface area (Å²) in [6.07, 6.45) is 9.87. The lowest BCUT2D eigenvalue weighted by molar-refractivity contribution is 0.176. The van der Waals surface area contributed by atoms with Crippen molar-refractivity contribution in [3.05, 3.63) is 0 Å². The second-order valence-electron chi connectivity index (χ2n) is 5.80. The van der Waals surface area contributed by atoms with Gasteiger partial charge in [0.1, 0.15) is 0 Å². The lowest BCUT2D eigenvalue weighted by Crippen LogP contribution is -2.42. The van der Waals surface area contributed by atoms with Crippen molar-refractivity contribution < 1.29 is 0 Å². The molecule has 0 heterocycles. The number of nitrogens with two attached hydrogens (primary N) is 1. The number of hydrogen-bond acceptors (Lipinski definition) is 2. The first-order chi connectivity index (χ1) is 7.24. The Bertz CT molecular complexity index is 181. The van der Waals surface area contributed by atoms with Gasteiger partial charge in [-0.1, -0.05) is 25.7 Å². The summed E-state index contributed by atoms with van der Waals surface area (Å²) >= 11 is 0. The van der Waals surface area contributed by atoms with Gasteiger partial charge in [-0.25, -0.2) is 0 Å².